The molecule has 0 saturated carbocycles. The van der Waals surface area contributed by atoms with Crippen molar-refractivity contribution in [1.82, 2.24) is 9.97 Å². The number of hydrogen-bond donors (Lipinski definition) is 4. The van der Waals surface area contributed by atoms with Crippen molar-refractivity contribution in [3.63, 3.8) is 0 Å². The molecule has 0 fully saturated rings. The van der Waals surface area contributed by atoms with E-state index < -0.39 is 12.1 Å². The fourth-order valence-electron chi connectivity index (χ4n) is 3.07. The SMILES string of the molecule is NC(CNc1ncc(-c2ccc3[nH]c(=O)oc3c2)s1)Cc1ccc(NC(F)(F)F)cc1. The number of alkyl halides is 3. The molecule has 0 bridgehead atoms. The Kier molecular flexibility index (Phi) is 5.70. The Bertz CT molecular complexity index is 1230. The number of aromatic amines is 1. The summed E-state index contributed by atoms with van der Waals surface area (Å²) in [7, 11) is 0. The second-order valence-corrected chi connectivity index (χ2v) is 7.95. The molecule has 5 N–H and O–H groups in total. The van der Waals surface area contributed by atoms with Crippen LogP contribution in [0.1, 0.15) is 5.56 Å². The van der Waals surface area contributed by atoms with Crippen LogP contribution in [0.5, 0.6) is 0 Å². The average Bonchev–Trinajstić information content (AvgIpc) is 3.31. The number of halogens is 3. The van der Waals surface area contributed by atoms with Gasteiger partial charge in [0.15, 0.2) is 10.7 Å². The zero-order valence-corrected chi connectivity index (χ0v) is 16.8. The first-order chi connectivity index (χ1) is 14.7. The van der Waals surface area contributed by atoms with Gasteiger partial charge >= 0.3 is 12.1 Å². The second kappa shape index (κ2) is 8.44. The molecule has 31 heavy (non-hydrogen) atoms. The number of nitrogens with two attached hydrogens (primary N) is 1. The van der Waals surface area contributed by atoms with Crippen molar-refractivity contribution >= 4 is 33.3 Å². The zero-order chi connectivity index (χ0) is 22.0. The summed E-state index contributed by atoms with van der Waals surface area (Å²) in [6.45, 7) is 0.446. The van der Waals surface area contributed by atoms with Crippen LogP contribution >= 0.6 is 11.3 Å². The minimum atomic E-state index is -4.46. The molecule has 2 aromatic carbocycles. The molecule has 2 aromatic heterocycles. The van der Waals surface area contributed by atoms with Gasteiger partial charge in [-0.05, 0) is 41.8 Å². The predicted octanol–water partition coefficient (Wildman–Crippen LogP) is 4.16. The van der Waals surface area contributed by atoms with E-state index in [-0.39, 0.29) is 11.7 Å². The van der Waals surface area contributed by atoms with E-state index in [4.69, 9.17) is 10.2 Å². The lowest BCUT2D eigenvalue weighted by Gasteiger charge is -2.13. The van der Waals surface area contributed by atoms with Crippen molar-refractivity contribution < 1.29 is 17.6 Å². The minimum Gasteiger partial charge on any atom is -0.408 e. The Hall–Kier alpha value is -3.31. The van der Waals surface area contributed by atoms with Gasteiger partial charge in [0.05, 0.1) is 10.4 Å². The van der Waals surface area contributed by atoms with Crippen LogP contribution in [0.2, 0.25) is 0 Å². The molecule has 4 aromatic rings. The van der Waals surface area contributed by atoms with Crippen LogP contribution in [0.4, 0.5) is 24.0 Å². The second-order valence-electron chi connectivity index (χ2n) is 6.92. The van der Waals surface area contributed by atoms with E-state index in [0.29, 0.717) is 29.2 Å². The summed E-state index contributed by atoms with van der Waals surface area (Å²) >= 11 is 1.43. The number of aromatic nitrogens is 2. The lowest BCUT2D eigenvalue weighted by Crippen LogP contribution is -2.31. The summed E-state index contributed by atoms with van der Waals surface area (Å²) in [5.74, 6) is -0.501. The summed E-state index contributed by atoms with van der Waals surface area (Å²) in [6.07, 6.45) is -2.24. The minimum absolute atomic E-state index is 0.0182. The number of nitrogens with one attached hydrogen (secondary N) is 3. The molecule has 2 heterocycles. The smallest absolute Gasteiger partial charge is 0.408 e. The number of benzene rings is 2. The topological polar surface area (TPSA) is 109 Å². The number of hydrogen-bond acceptors (Lipinski definition) is 7. The first-order valence-electron chi connectivity index (χ1n) is 9.27. The van der Waals surface area contributed by atoms with Crippen LogP contribution in [0.3, 0.4) is 0 Å². The number of H-pyrrole nitrogens is 1. The van der Waals surface area contributed by atoms with Crippen LogP contribution in [-0.4, -0.2) is 28.9 Å². The maximum Gasteiger partial charge on any atom is 0.482 e. The maximum absolute atomic E-state index is 12.3. The normalized spacial score (nSPS) is 12.8. The van der Waals surface area contributed by atoms with Crippen molar-refractivity contribution in [1.29, 1.82) is 0 Å². The summed E-state index contributed by atoms with van der Waals surface area (Å²) in [5.41, 5.74) is 8.95. The summed E-state index contributed by atoms with van der Waals surface area (Å²) < 4.78 is 42.1. The first-order valence-corrected chi connectivity index (χ1v) is 10.1. The lowest BCUT2D eigenvalue weighted by atomic mass is 10.1. The molecule has 7 nitrogen and oxygen atoms in total. The highest BCUT2D eigenvalue weighted by Crippen LogP contribution is 2.30. The number of anilines is 2. The number of rotatable bonds is 7. The Morgan fingerprint density at radius 1 is 1.19 bits per heavy atom. The van der Waals surface area contributed by atoms with Crippen LogP contribution in [0.15, 0.2) is 57.9 Å². The molecule has 0 radical (unpaired) electrons. The summed E-state index contributed by atoms with van der Waals surface area (Å²) in [5, 5.41) is 5.33. The van der Waals surface area contributed by atoms with E-state index >= 15 is 0 Å². The van der Waals surface area contributed by atoms with Crippen molar-refractivity contribution in [3.8, 4) is 10.4 Å². The van der Waals surface area contributed by atoms with Gasteiger partial charge in [0.2, 0.25) is 0 Å². The Balaban J connectivity index is 1.33. The molecule has 0 spiro atoms. The standard InChI is InChI=1S/C20H18F3N5O2S/c21-20(22,23)28-14-4-1-11(2-5-14)7-13(24)9-25-18-26-10-17(31-18)12-3-6-15-16(8-12)30-19(29)27-15/h1-6,8,10,13,28H,7,9,24H2,(H,25,26)(H,27,29). The number of oxazole rings is 1. The lowest BCUT2D eigenvalue weighted by molar-refractivity contribution is -0.0999. The van der Waals surface area contributed by atoms with Gasteiger partial charge in [0, 0.05) is 24.5 Å². The molecular formula is C20H18F3N5O2S. The van der Waals surface area contributed by atoms with Gasteiger partial charge in [-0.2, -0.15) is 13.2 Å². The third-order valence-electron chi connectivity index (χ3n) is 4.46. The Morgan fingerprint density at radius 2 is 1.97 bits per heavy atom. The quantitative estimate of drug-likeness (QED) is 0.316. The van der Waals surface area contributed by atoms with Crippen LogP contribution in [-0.2, 0) is 6.42 Å². The fraction of sp³-hybridized carbons (Fsp3) is 0.200. The van der Waals surface area contributed by atoms with E-state index in [1.54, 1.807) is 30.5 Å². The van der Waals surface area contributed by atoms with Gasteiger partial charge in [0.1, 0.15) is 0 Å². The van der Waals surface area contributed by atoms with E-state index in [2.05, 4.69) is 15.3 Å². The molecule has 162 valence electrons. The third-order valence-corrected chi connectivity index (χ3v) is 5.47. The van der Waals surface area contributed by atoms with Crippen molar-refractivity contribution in [2.75, 3.05) is 17.2 Å². The molecule has 1 unspecified atom stereocenters. The molecule has 1 atom stereocenters. The predicted molar refractivity (Wildman–Crippen MR) is 114 cm³/mol. The number of nitrogens with zero attached hydrogens (tertiary/aromatic N) is 1. The highest BCUT2D eigenvalue weighted by atomic mass is 32.1. The molecule has 11 heteroatoms. The van der Waals surface area contributed by atoms with E-state index in [0.717, 1.165) is 16.0 Å². The third kappa shape index (κ3) is 5.44. The highest BCUT2D eigenvalue weighted by Gasteiger charge is 2.26. The summed E-state index contributed by atoms with van der Waals surface area (Å²) in [4.78, 5) is 19.1. The average molecular weight is 449 g/mol. The molecule has 4 rings (SSSR count). The van der Waals surface area contributed by atoms with Gasteiger partial charge < -0.3 is 15.5 Å². The zero-order valence-electron chi connectivity index (χ0n) is 16.0. The van der Waals surface area contributed by atoms with Crippen molar-refractivity contribution in [2.24, 2.45) is 5.73 Å². The fourth-order valence-corrected chi connectivity index (χ4v) is 3.89. The summed E-state index contributed by atoms with van der Waals surface area (Å²) in [6, 6.07) is 11.1. The van der Waals surface area contributed by atoms with Crippen molar-refractivity contribution in [2.45, 2.75) is 18.8 Å². The van der Waals surface area contributed by atoms with Crippen LogP contribution in [0, 0.1) is 0 Å². The van der Waals surface area contributed by atoms with Gasteiger partial charge in [-0.15, -0.1) is 0 Å². The molecule has 0 aliphatic rings. The van der Waals surface area contributed by atoms with Gasteiger partial charge in [-0.25, -0.2) is 9.78 Å². The molecular weight excluding hydrogens is 431 g/mol. The van der Waals surface area contributed by atoms with Crippen LogP contribution in [0.25, 0.3) is 21.5 Å². The largest absolute Gasteiger partial charge is 0.482 e. The molecule has 0 aliphatic heterocycles. The van der Waals surface area contributed by atoms with Crippen molar-refractivity contribution in [3.05, 3.63) is 64.8 Å². The molecule has 0 aliphatic carbocycles. The monoisotopic (exact) mass is 449 g/mol. The highest BCUT2D eigenvalue weighted by molar-refractivity contribution is 7.18. The molecule has 0 saturated heterocycles. The van der Waals surface area contributed by atoms with E-state index in [1.165, 1.54) is 28.8 Å². The maximum atomic E-state index is 12.3. The first kappa shape index (κ1) is 20.9. The molecule has 0 amide bonds. The number of fused-ring (bicyclic) bond motifs is 1. The van der Waals surface area contributed by atoms with E-state index in [1.807, 2.05) is 6.07 Å². The van der Waals surface area contributed by atoms with Gasteiger partial charge in [-0.1, -0.05) is 29.5 Å². The van der Waals surface area contributed by atoms with Crippen LogP contribution < -0.4 is 22.1 Å². The number of thiazole rings is 1. The Labute approximate surface area is 178 Å². The Morgan fingerprint density at radius 3 is 2.71 bits per heavy atom. The van der Waals surface area contributed by atoms with Gasteiger partial charge in [-0.3, -0.25) is 10.3 Å². The van der Waals surface area contributed by atoms with E-state index in [9.17, 15) is 18.0 Å². The van der Waals surface area contributed by atoms with Gasteiger partial charge in [0.25, 0.3) is 0 Å².